The third-order valence-corrected chi connectivity index (χ3v) is 4.30. The lowest BCUT2D eigenvalue weighted by atomic mass is 10.1. The topological polar surface area (TPSA) is 55.0 Å². The molecule has 0 saturated carbocycles. The Labute approximate surface area is 133 Å². The molecule has 6 heteroatoms. The standard InChI is InChI=1S/C15H16Cl2N4/c16-10-3-4-12(13(17)8-10)14-5-6-19-15(20-14)21-7-1-2-11(21)9-18/h3-6,8,11H,1-2,7,9,18H2. The second-order valence-electron chi connectivity index (χ2n) is 5.09. The van der Waals surface area contributed by atoms with Gasteiger partial charge < -0.3 is 10.6 Å². The van der Waals surface area contributed by atoms with E-state index in [1.54, 1.807) is 12.3 Å². The van der Waals surface area contributed by atoms with Gasteiger partial charge in [0.1, 0.15) is 0 Å². The van der Waals surface area contributed by atoms with E-state index in [1.807, 2.05) is 18.2 Å². The Hall–Kier alpha value is -1.36. The van der Waals surface area contributed by atoms with Gasteiger partial charge in [-0.2, -0.15) is 0 Å². The van der Waals surface area contributed by atoms with Crippen molar-refractivity contribution in [2.45, 2.75) is 18.9 Å². The van der Waals surface area contributed by atoms with Crippen LogP contribution in [-0.2, 0) is 0 Å². The van der Waals surface area contributed by atoms with Crippen LogP contribution in [0.2, 0.25) is 10.0 Å². The molecule has 21 heavy (non-hydrogen) atoms. The fourth-order valence-corrected chi connectivity index (χ4v) is 3.18. The van der Waals surface area contributed by atoms with E-state index < -0.39 is 0 Å². The molecule has 0 radical (unpaired) electrons. The van der Waals surface area contributed by atoms with Crippen molar-refractivity contribution in [3.8, 4) is 11.3 Å². The van der Waals surface area contributed by atoms with Crippen LogP contribution in [0, 0.1) is 0 Å². The fourth-order valence-electron chi connectivity index (χ4n) is 2.68. The van der Waals surface area contributed by atoms with Gasteiger partial charge in [-0.1, -0.05) is 23.2 Å². The van der Waals surface area contributed by atoms with Crippen LogP contribution in [0.4, 0.5) is 5.95 Å². The van der Waals surface area contributed by atoms with Crippen molar-refractivity contribution >= 4 is 29.2 Å². The smallest absolute Gasteiger partial charge is 0.226 e. The molecule has 2 N–H and O–H groups in total. The molecule has 0 aliphatic carbocycles. The molecule has 1 aliphatic rings. The van der Waals surface area contributed by atoms with Crippen molar-refractivity contribution in [1.29, 1.82) is 0 Å². The zero-order valence-electron chi connectivity index (χ0n) is 11.5. The number of aromatic nitrogens is 2. The van der Waals surface area contributed by atoms with Crippen LogP contribution in [0.5, 0.6) is 0 Å². The minimum absolute atomic E-state index is 0.320. The molecule has 0 spiro atoms. The van der Waals surface area contributed by atoms with Gasteiger partial charge in [-0.05, 0) is 37.1 Å². The van der Waals surface area contributed by atoms with Crippen molar-refractivity contribution in [1.82, 2.24) is 9.97 Å². The van der Waals surface area contributed by atoms with E-state index in [0.29, 0.717) is 28.6 Å². The van der Waals surface area contributed by atoms with Gasteiger partial charge in [-0.25, -0.2) is 9.97 Å². The quantitative estimate of drug-likeness (QED) is 0.941. The molecule has 1 unspecified atom stereocenters. The Kier molecular flexibility index (Phi) is 4.29. The summed E-state index contributed by atoms with van der Waals surface area (Å²) in [7, 11) is 0. The van der Waals surface area contributed by atoms with Crippen molar-refractivity contribution in [2.75, 3.05) is 18.0 Å². The zero-order valence-corrected chi connectivity index (χ0v) is 13.0. The van der Waals surface area contributed by atoms with Crippen molar-refractivity contribution in [2.24, 2.45) is 5.73 Å². The van der Waals surface area contributed by atoms with E-state index in [0.717, 1.165) is 30.6 Å². The Bertz CT molecular complexity index is 647. The fraction of sp³-hybridized carbons (Fsp3) is 0.333. The SMILES string of the molecule is NCC1CCCN1c1nccc(-c2ccc(Cl)cc2Cl)n1. The molecule has 3 rings (SSSR count). The molecular weight excluding hydrogens is 307 g/mol. The Morgan fingerprint density at radius 1 is 1.29 bits per heavy atom. The van der Waals surface area contributed by atoms with Crippen LogP contribution in [0.3, 0.4) is 0 Å². The molecular formula is C15H16Cl2N4. The van der Waals surface area contributed by atoms with E-state index in [1.165, 1.54) is 0 Å². The average Bonchev–Trinajstić information content (AvgIpc) is 2.96. The van der Waals surface area contributed by atoms with Gasteiger partial charge >= 0.3 is 0 Å². The minimum atomic E-state index is 0.320. The summed E-state index contributed by atoms with van der Waals surface area (Å²) in [5.74, 6) is 0.714. The van der Waals surface area contributed by atoms with Gasteiger partial charge in [0.25, 0.3) is 0 Å². The van der Waals surface area contributed by atoms with Crippen LogP contribution in [0.25, 0.3) is 11.3 Å². The number of rotatable bonds is 3. The van der Waals surface area contributed by atoms with Crippen LogP contribution in [0.1, 0.15) is 12.8 Å². The first kappa shape index (κ1) is 14.6. The van der Waals surface area contributed by atoms with Crippen LogP contribution in [-0.4, -0.2) is 29.1 Å². The first-order valence-electron chi connectivity index (χ1n) is 6.94. The highest BCUT2D eigenvalue weighted by molar-refractivity contribution is 6.36. The van der Waals surface area contributed by atoms with E-state index in [9.17, 15) is 0 Å². The molecule has 2 aromatic rings. The minimum Gasteiger partial charge on any atom is -0.337 e. The number of benzene rings is 1. The molecule has 110 valence electrons. The Balaban J connectivity index is 1.96. The largest absolute Gasteiger partial charge is 0.337 e. The van der Waals surface area contributed by atoms with Gasteiger partial charge in [0, 0.05) is 35.9 Å². The first-order valence-corrected chi connectivity index (χ1v) is 7.70. The van der Waals surface area contributed by atoms with Crippen molar-refractivity contribution in [3.63, 3.8) is 0 Å². The third-order valence-electron chi connectivity index (χ3n) is 3.76. The third kappa shape index (κ3) is 2.98. The summed E-state index contributed by atoms with van der Waals surface area (Å²) >= 11 is 12.2. The summed E-state index contributed by atoms with van der Waals surface area (Å²) in [6.45, 7) is 1.56. The summed E-state index contributed by atoms with van der Waals surface area (Å²) in [6, 6.07) is 7.58. The second-order valence-corrected chi connectivity index (χ2v) is 5.93. The molecule has 1 aliphatic heterocycles. The molecule has 4 nitrogen and oxygen atoms in total. The number of halogens is 2. The second kappa shape index (κ2) is 6.18. The van der Waals surface area contributed by atoms with E-state index in [2.05, 4.69) is 14.9 Å². The Morgan fingerprint density at radius 2 is 2.14 bits per heavy atom. The van der Waals surface area contributed by atoms with Gasteiger partial charge in [0.2, 0.25) is 5.95 Å². The lowest BCUT2D eigenvalue weighted by Gasteiger charge is -2.23. The maximum absolute atomic E-state index is 6.25. The maximum Gasteiger partial charge on any atom is 0.226 e. The van der Waals surface area contributed by atoms with Gasteiger partial charge in [0.15, 0.2) is 0 Å². The lowest BCUT2D eigenvalue weighted by molar-refractivity contribution is 0.664. The number of hydrogen-bond acceptors (Lipinski definition) is 4. The first-order chi connectivity index (χ1) is 10.2. The van der Waals surface area contributed by atoms with Gasteiger partial charge in [-0.15, -0.1) is 0 Å². The predicted molar refractivity (Wildman–Crippen MR) is 86.9 cm³/mol. The summed E-state index contributed by atoms with van der Waals surface area (Å²) in [5, 5.41) is 1.20. The van der Waals surface area contributed by atoms with E-state index in [4.69, 9.17) is 28.9 Å². The van der Waals surface area contributed by atoms with Crippen LogP contribution in [0.15, 0.2) is 30.5 Å². The average molecular weight is 323 g/mol. The lowest BCUT2D eigenvalue weighted by Crippen LogP contribution is -2.36. The van der Waals surface area contributed by atoms with Gasteiger partial charge in [0.05, 0.1) is 10.7 Å². The normalized spacial score (nSPS) is 18.2. The van der Waals surface area contributed by atoms with Gasteiger partial charge in [-0.3, -0.25) is 0 Å². The number of anilines is 1. The molecule has 2 heterocycles. The number of nitrogens with zero attached hydrogens (tertiary/aromatic N) is 3. The molecule has 1 atom stereocenters. The predicted octanol–water partition coefficient (Wildman–Crippen LogP) is 3.38. The molecule has 1 saturated heterocycles. The maximum atomic E-state index is 6.25. The summed E-state index contributed by atoms with van der Waals surface area (Å²) in [4.78, 5) is 11.2. The van der Waals surface area contributed by atoms with Crippen LogP contribution < -0.4 is 10.6 Å². The monoisotopic (exact) mass is 322 g/mol. The van der Waals surface area contributed by atoms with Crippen molar-refractivity contribution < 1.29 is 0 Å². The highest BCUT2D eigenvalue weighted by atomic mass is 35.5. The number of nitrogens with two attached hydrogens (primary N) is 1. The number of hydrogen-bond donors (Lipinski definition) is 1. The summed E-state index contributed by atoms with van der Waals surface area (Å²) in [6.07, 6.45) is 3.97. The highest BCUT2D eigenvalue weighted by Crippen LogP contribution is 2.30. The van der Waals surface area contributed by atoms with E-state index in [-0.39, 0.29) is 0 Å². The summed E-state index contributed by atoms with van der Waals surface area (Å²) < 4.78 is 0. The van der Waals surface area contributed by atoms with E-state index >= 15 is 0 Å². The highest BCUT2D eigenvalue weighted by Gasteiger charge is 2.25. The molecule has 1 aromatic carbocycles. The Morgan fingerprint density at radius 3 is 2.90 bits per heavy atom. The summed E-state index contributed by atoms with van der Waals surface area (Å²) in [5.41, 5.74) is 7.47. The van der Waals surface area contributed by atoms with Crippen LogP contribution >= 0.6 is 23.2 Å². The molecule has 1 fully saturated rings. The van der Waals surface area contributed by atoms with Crippen molar-refractivity contribution in [3.05, 3.63) is 40.5 Å². The molecule has 0 bridgehead atoms. The zero-order chi connectivity index (χ0) is 14.8. The molecule has 0 amide bonds. The molecule has 1 aromatic heterocycles.